The van der Waals surface area contributed by atoms with Crippen LogP contribution >= 0.6 is 11.6 Å². The molecule has 7 fully saturated rings. The molecule has 630 valence electrons. The number of ketones is 5. The number of ether oxygens (including phenoxy) is 1. The first-order valence-corrected chi connectivity index (χ1v) is 44.3. The second kappa shape index (κ2) is 43.2. The number of fused-ring (bicyclic) bond motifs is 1. The van der Waals surface area contributed by atoms with Crippen LogP contribution in [0.4, 0.5) is 4.39 Å². The Morgan fingerprint density at radius 3 is 0.919 bits per heavy atom. The largest absolute Gasteiger partial charge is 0.456 e. The second-order valence-electron chi connectivity index (χ2n) is 33.2. The number of Topliss-reactive ketones (excluding diaryl/α,β-unsaturated/α-hetero) is 5. The fourth-order valence-electron chi connectivity index (χ4n) is 17.3. The highest BCUT2D eigenvalue weighted by Gasteiger charge is 2.30. The van der Waals surface area contributed by atoms with Crippen LogP contribution in [0, 0.1) is 11.7 Å². The maximum absolute atomic E-state index is 13.3. The van der Waals surface area contributed by atoms with Gasteiger partial charge >= 0.3 is 0 Å². The van der Waals surface area contributed by atoms with Crippen LogP contribution in [0.3, 0.4) is 0 Å². The summed E-state index contributed by atoms with van der Waals surface area (Å²) < 4.78 is 24.8. The van der Waals surface area contributed by atoms with Gasteiger partial charge in [0.05, 0.1) is 12.7 Å². The van der Waals surface area contributed by atoms with Gasteiger partial charge in [0, 0.05) is 83.1 Å². The van der Waals surface area contributed by atoms with Crippen molar-refractivity contribution in [2.45, 2.75) is 118 Å². The van der Waals surface area contributed by atoms with Crippen molar-refractivity contribution in [2.75, 3.05) is 85.1 Å². The summed E-state index contributed by atoms with van der Waals surface area (Å²) in [5.41, 5.74) is 28.8. The van der Waals surface area contributed by atoms with E-state index in [9.17, 15) is 28.4 Å². The van der Waals surface area contributed by atoms with Gasteiger partial charge < -0.3 is 34.9 Å². The van der Waals surface area contributed by atoms with Crippen molar-refractivity contribution in [3.05, 3.63) is 383 Å². The number of rotatable bonds is 19. The van der Waals surface area contributed by atoms with E-state index in [0.717, 1.165) is 202 Å². The number of nitrogens with one attached hydrogen (secondary N) is 3. The van der Waals surface area contributed by atoms with E-state index in [1.54, 1.807) is 40.2 Å². The zero-order valence-electron chi connectivity index (χ0n) is 71.7. The Hall–Kier alpha value is -11.2. The molecule has 0 amide bonds. The van der Waals surface area contributed by atoms with Crippen molar-refractivity contribution in [1.82, 2.24) is 25.8 Å². The van der Waals surface area contributed by atoms with E-state index < -0.39 is 0 Å². The number of carbonyl (C=O) groups excluding carboxylic acids is 5. The number of hydrogen-bond acceptors (Lipinski definition) is 12. The van der Waals surface area contributed by atoms with E-state index in [4.69, 9.17) is 20.8 Å². The molecule has 0 spiro atoms. The molecule has 12 nitrogen and oxygen atoms in total. The summed E-state index contributed by atoms with van der Waals surface area (Å²) in [5.74, 6) is 2.14. The lowest BCUT2D eigenvalue weighted by Gasteiger charge is -2.30. The molecule has 1 atom stereocenters. The molecule has 7 aliphatic rings. The Balaban J connectivity index is 0.000000125. The van der Waals surface area contributed by atoms with E-state index in [1.807, 2.05) is 127 Å². The van der Waals surface area contributed by atoms with E-state index in [2.05, 4.69) is 147 Å². The quantitative estimate of drug-likeness (QED) is 0.0522. The average Bonchev–Trinajstić information content (AvgIpc) is 1.70. The zero-order valence-corrected chi connectivity index (χ0v) is 72.4. The van der Waals surface area contributed by atoms with E-state index in [0.29, 0.717) is 11.7 Å². The molecule has 11 aromatic rings. The average molecular weight is 1660 g/mol. The first kappa shape index (κ1) is 88.1. The van der Waals surface area contributed by atoms with Gasteiger partial charge in [-0.05, 0) is 266 Å². The minimum atomic E-state index is -0.227. The summed E-state index contributed by atoms with van der Waals surface area (Å²) in [7, 11) is 0. The van der Waals surface area contributed by atoms with Crippen LogP contribution in [0.25, 0.3) is 38.8 Å². The molecular formula is C109H113ClFN5O7. The number of hydrogen-bond donors (Lipinski definition) is 3. The fraction of sp³-hybridized carbons (Fsp3) is 0.294. The molecule has 7 heterocycles. The SMILES string of the molecule is CC(=O)c1ccc(C(=C2CCN(CC3CC3)CC2)c2ccccc2)cc1.CC(=O)c1ccc(C(=C2CCN(CC3CO3)CC2)c2ccccc2)cc1.CC(=O)c1ccc(C(=C2CCNCC2)c2cc3ccccc3o2)cc1.CC(=O)c1ccc(C(=C2CCNCC2)c2ccc(Cl)cc2)cc1.CC(=O)c1ccc(C(=C2CCNCC2)c2ccc(F)cc2)cc1. The van der Waals surface area contributed by atoms with Crippen LogP contribution in [0.2, 0.25) is 5.02 Å². The maximum Gasteiger partial charge on any atom is 0.159 e. The van der Waals surface area contributed by atoms with Gasteiger partial charge in [0.1, 0.15) is 17.2 Å². The molecule has 1 unspecified atom stereocenters. The van der Waals surface area contributed by atoms with Crippen LogP contribution < -0.4 is 16.0 Å². The Morgan fingerprint density at radius 1 is 0.333 bits per heavy atom. The predicted molar refractivity (Wildman–Crippen MR) is 499 cm³/mol. The van der Waals surface area contributed by atoms with Crippen LogP contribution in [0.1, 0.15) is 219 Å². The van der Waals surface area contributed by atoms with Gasteiger partial charge in [0.25, 0.3) is 0 Å². The number of piperidine rings is 5. The summed E-state index contributed by atoms with van der Waals surface area (Å²) in [4.78, 5) is 62.9. The minimum Gasteiger partial charge on any atom is -0.456 e. The summed E-state index contributed by atoms with van der Waals surface area (Å²) in [6.07, 6.45) is 13.9. The number of halogens is 2. The summed E-state index contributed by atoms with van der Waals surface area (Å²) in [5, 5.41) is 12.0. The number of nitrogens with zero attached hydrogens (tertiary/aromatic N) is 2. The van der Waals surface area contributed by atoms with Crippen molar-refractivity contribution in [2.24, 2.45) is 5.92 Å². The standard InChI is InChI=1S/C24H27NO.C23H25NO2.C22H21NO2.C20H20ClNO.C20H20FNO/c1-18(26)20-9-11-22(12-10-20)24(21-5-3-2-4-6-21)23-13-15-25(16-14-23)17-19-7-8-19;1-17(25)18-7-9-20(10-8-18)23(19-5-3-2-4-6-19)21-11-13-24(14-12-21)15-22-16-26-22;1-15(24)16-6-8-17(9-7-16)22(18-10-12-23-13-11-18)21-14-19-4-2-3-5-20(19)25-21;2*1-14(23)15-2-4-16(5-3-15)20(18-10-12-22-13-11-18)17-6-8-19(21)9-7-17/h2-6,9-12,19H,7-8,13-17H2,1H3;2-10,22H,11-16H2,1H3;2-9,14,23H,10-13H2,1H3;2*2-9,22H,10-13H2,1H3. The highest BCUT2D eigenvalue weighted by molar-refractivity contribution is 6.30. The number of furan rings is 1. The lowest BCUT2D eigenvalue weighted by molar-refractivity contribution is 0.100. The minimum absolute atomic E-state index is 0.0643. The number of carbonyl (C=O) groups is 5. The van der Waals surface area contributed by atoms with E-state index in [-0.39, 0.29) is 34.7 Å². The highest BCUT2D eigenvalue weighted by Crippen LogP contribution is 2.40. The van der Waals surface area contributed by atoms with Crippen LogP contribution in [0.15, 0.2) is 293 Å². The molecule has 1 aliphatic carbocycles. The van der Waals surface area contributed by atoms with Crippen molar-refractivity contribution >= 4 is 79.4 Å². The molecule has 6 saturated heterocycles. The molecule has 0 bridgehead atoms. The lowest BCUT2D eigenvalue weighted by Crippen LogP contribution is -2.34. The lowest BCUT2D eigenvalue weighted by atomic mass is 9.88. The van der Waals surface area contributed by atoms with Crippen LogP contribution in [0.5, 0.6) is 0 Å². The molecule has 14 heteroatoms. The maximum atomic E-state index is 13.3. The van der Waals surface area contributed by atoms with E-state index in [1.165, 1.54) is 123 Å². The molecule has 1 saturated carbocycles. The zero-order chi connectivity index (χ0) is 85.6. The first-order chi connectivity index (χ1) is 59.9. The monoisotopic (exact) mass is 1660 g/mol. The van der Waals surface area contributed by atoms with Crippen molar-refractivity contribution < 1.29 is 37.5 Å². The van der Waals surface area contributed by atoms with E-state index >= 15 is 0 Å². The molecule has 123 heavy (non-hydrogen) atoms. The third-order valence-corrected chi connectivity index (χ3v) is 24.6. The topological polar surface area (TPSA) is 154 Å². The van der Waals surface area contributed by atoms with Gasteiger partial charge in [-0.25, -0.2) is 4.39 Å². The Labute approximate surface area is 730 Å². The Bertz CT molecular complexity index is 5300. The number of para-hydroxylation sites is 1. The van der Waals surface area contributed by atoms with Crippen molar-refractivity contribution in [3.8, 4) is 0 Å². The normalized spacial score (nSPS) is 16.5. The number of epoxide rings is 1. The van der Waals surface area contributed by atoms with Gasteiger partial charge in [-0.1, -0.05) is 264 Å². The second-order valence-corrected chi connectivity index (χ2v) is 33.6. The molecule has 18 rings (SSSR count). The Kier molecular flexibility index (Phi) is 30.9. The predicted octanol–water partition coefficient (Wildman–Crippen LogP) is 23.1. The molecule has 3 N–H and O–H groups in total. The van der Waals surface area contributed by atoms with Crippen molar-refractivity contribution in [1.29, 1.82) is 0 Å². The van der Waals surface area contributed by atoms with Gasteiger partial charge in [-0.15, -0.1) is 0 Å². The summed E-state index contributed by atoms with van der Waals surface area (Å²) >= 11 is 6.04. The molecule has 1 aromatic heterocycles. The van der Waals surface area contributed by atoms with Gasteiger partial charge in [-0.2, -0.15) is 0 Å². The van der Waals surface area contributed by atoms with Gasteiger partial charge in [0.2, 0.25) is 0 Å². The van der Waals surface area contributed by atoms with Gasteiger partial charge in [0.15, 0.2) is 28.9 Å². The summed E-state index contributed by atoms with van der Waals surface area (Å²) in [6.45, 7) is 21.8. The molecule has 6 aliphatic heterocycles. The highest BCUT2D eigenvalue weighted by atomic mass is 35.5. The third kappa shape index (κ3) is 24.4. The van der Waals surface area contributed by atoms with Crippen LogP contribution in [-0.2, 0) is 4.74 Å². The molecule has 10 aromatic carbocycles. The van der Waals surface area contributed by atoms with Crippen molar-refractivity contribution in [3.63, 3.8) is 0 Å². The Morgan fingerprint density at radius 2 is 0.602 bits per heavy atom. The molecular weight excluding hydrogens is 1550 g/mol. The number of benzene rings is 10. The van der Waals surface area contributed by atoms with Gasteiger partial charge in [-0.3, -0.25) is 24.0 Å². The smallest absolute Gasteiger partial charge is 0.159 e. The number of likely N-dealkylation sites (tertiary alicyclic amines) is 2. The summed E-state index contributed by atoms with van der Waals surface area (Å²) in [6, 6.07) is 86.0. The third-order valence-electron chi connectivity index (χ3n) is 24.3. The van der Waals surface area contributed by atoms with Crippen LogP contribution in [-0.4, -0.2) is 130 Å². The first-order valence-electron chi connectivity index (χ1n) is 43.9. The fourth-order valence-corrected chi connectivity index (χ4v) is 17.4. The molecule has 0 radical (unpaired) electrons.